The second-order valence-electron chi connectivity index (χ2n) is 3.13. The number of nitrogens with one attached hydrogen (secondary N) is 1. The van der Waals surface area contributed by atoms with Gasteiger partial charge in [-0.2, -0.15) is 5.26 Å². The van der Waals surface area contributed by atoms with Crippen LogP contribution in [0.15, 0.2) is 30.9 Å². The number of halogens is 1. The van der Waals surface area contributed by atoms with Gasteiger partial charge in [-0.3, -0.25) is 4.79 Å². The van der Waals surface area contributed by atoms with Crippen LogP contribution in [0.1, 0.15) is 5.56 Å². The lowest BCUT2D eigenvalue weighted by Crippen LogP contribution is -2.28. The van der Waals surface area contributed by atoms with Crippen LogP contribution >= 0.6 is 11.6 Å². The van der Waals surface area contributed by atoms with Gasteiger partial charge in [0.1, 0.15) is 11.8 Å². The van der Waals surface area contributed by atoms with Crippen LogP contribution in [-0.4, -0.2) is 19.1 Å². The van der Waals surface area contributed by atoms with E-state index in [0.29, 0.717) is 22.9 Å². The largest absolute Gasteiger partial charge is 0.484 e. The van der Waals surface area contributed by atoms with Gasteiger partial charge < -0.3 is 10.1 Å². The Hall–Kier alpha value is -1.99. The van der Waals surface area contributed by atoms with Crippen molar-refractivity contribution in [3.05, 3.63) is 41.4 Å². The Kier molecular flexibility index (Phi) is 5.05. The zero-order valence-corrected chi connectivity index (χ0v) is 9.83. The summed E-state index contributed by atoms with van der Waals surface area (Å²) >= 11 is 5.81. The predicted octanol–water partition coefficient (Wildman–Crippen LogP) is 1.89. The second-order valence-corrected chi connectivity index (χ2v) is 3.54. The Labute approximate surface area is 104 Å². The number of ether oxygens (including phenoxy) is 1. The molecule has 4 nitrogen and oxygen atoms in total. The fourth-order valence-electron chi connectivity index (χ4n) is 1.06. The van der Waals surface area contributed by atoms with E-state index >= 15 is 0 Å². The monoisotopic (exact) mass is 250 g/mol. The zero-order chi connectivity index (χ0) is 12.7. The quantitative estimate of drug-likeness (QED) is 0.812. The van der Waals surface area contributed by atoms with Crippen molar-refractivity contribution in [3.63, 3.8) is 0 Å². The normalized spacial score (nSPS) is 9.18. The third-order valence-corrected chi connectivity index (χ3v) is 2.19. The Morgan fingerprint density at radius 2 is 2.41 bits per heavy atom. The lowest BCUT2D eigenvalue weighted by Gasteiger charge is -2.06. The first-order chi connectivity index (χ1) is 8.17. The summed E-state index contributed by atoms with van der Waals surface area (Å²) in [5, 5.41) is 11.6. The van der Waals surface area contributed by atoms with Crippen LogP contribution in [-0.2, 0) is 4.79 Å². The van der Waals surface area contributed by atoms with Gasteiger partial charge in [0, 0.05) is 12.6 Å². The molecule has 0 aliphatic rings. The Bertz CT molecular complexity index is 466. The first kappa shape index (κ1) is 13.1. The third-order valence-electron chi connectivity index (χ3n) is 1.87. The Morgan fingerprint density at radius 1 is 1.65 bits per heavy atom. The number of benzene rings is 1. The number of hydrogen-bond acceptors (Lipinski definition) is 3. The maximum absolute atomic E-state index is 11.2. The van der Waals surface area contributed by atoms with Gasteiger partial charge in [0.25, 0.3) is 5.91 Å². The molecule has 88 valence electrons. The van der Waals surface area contributed by atoms with Crippen molar-refractivity contribution in [1.29, 1.82) is 5.26 Å². The number of nitriles is 1. The summed E-state index contributed by atoms with van der Waals surface area (Å²) in [6.07, 6.45) is 1.58. The molecule has 0 unspecified atom stereocenters. The number of hydrogen-bond donors (Lipinski definition) is 1. The van der Waals surface area contributed by atoms with Crippen LogP contribution in [0.2, 0.25) is 5.02 Å². The maximum atomic E-state index is 11.2. The zero-order valence-electron chi connectivity index (χ0n) is 9.07. The van der Waals surface area contributed by atoms with E-state index in [0.717, 1.165) is 0 Å². The van der Waals surface area contributed by atoms with E-state index in [1.165, 1.54) is 6.07 Å². The first-order valence-corrected chi connectivity index (χ1v) is 5.25. The minimum Gasteiger partial charge on any atom is -0.484 e. The van der Waals surface area contributed by atoms with Crippen LogP contribution in [0.5, 0.6) is 5.75 Å². The molecule has 0 fully saturated rings. The number of amides is 1. The molecule has 0 aliphatic carbocycles. The summed E-state index contributed by atoms with van der Waals surface area (Å²) in [4.78, 5) is 11.2. The van der Waals surface area contributed by atoms with Gasteiger partial charge in [-0.05, 0) is 12.1 Å². The molecule has 0 atom stereocenters. The molecule has 0 saturated carbocycles. The summed E-state index contributed by atoms with van der Waals surface area (Å²) in [5.41, 5.74) is 0.370. The van der Waals surface area contributed by atoms with Crippen LogP contribution in [0, 0.1) is 11.3 Å². The first-order valence-electron chi connectivity index (χ1n) is 4.87. The van der Waals surface area contributed by atoms with Crippen molar-refractivity contribution in [2.75, 3.05) is 13.2 Å². The van der Waals surface area contributed by atoms with Gasteiger partial charge in [-0.25, -0.2) is 0 Å². The van der Waals surface area contributed by atoms with E-state index < -0.39 is 0 Å². The summed E-state index contributed by atoms with van der Waals surface area (Å²) in [5.74, 6) is 0.202. The van der Waals surface area contributed by atoms with Gasteiger partial charge in [0.2, 0.25) is 0 Å². The van der Waals surface area contributed by atoms with Gasteiger partial charge >= 0.3 is 0 Å². The SMILES string of the molecule is C=CCNC(=O)COc1ccc(C#N)c(Cl)c1. The highest BCUT2D eigenvalue weighted by molar-refractivity contribution is 6.31. The standard InChI is InChI=1S/C12H11ClN2O2/c1-2-5-15-12(16)8-17-10-4-3-9(7-14)11(13)6-10/h2-4,6H,1,5,8H2,(H,15,16). The van der Waals surface area contributed by atoms with E-state index in [1.807, 2.05) is 6.07 Å². The molecular weight excluding hydrogens is 240 g/mol. The number of rotatable bonds is 5. The van der Waals surface area contributed by atoms with Crippen LogP contribution < -0.4 is 10.1 Å². The molecule has 1 aromatic carbocycles. The molecule has 0 saturated heterocycles. The van der Waals surface area contributed by atoms with Crippen molar-refractivity contribution in [3.8, 4) is 11.8 Å². The average Bonchev–Trinajstić information content (AvgIpc) is 2.34. The minimum atomic E-state index is -0.245. The molecule has 17 heavy (non-hydrogen) atoms. The fraction of sp³-hybridized carbons (Fsp3) is 0.167. The molecule has 1 rings (SSSR count). The highest BCUT2D eigenvalue weighted by Crippen LogP contribution is 2.21. The number of carbonyl (C=O) groups excluding carboxylic acids is 1. The average molecular weight is 251 g/mol. The molecule has 1 N–H and O–H groups in total. The molecule has 0 bridgehead atoms. The minimum absolute atomic E-state index is 0.101. The van der Waals surface area contributed by atoms with Crippen molar-refractivity contribution < 1.29 is 9.53 Å². The Balaban J connectivity index is 2.53. The lowest BCUT2D eigenvalue weighted by molar-refractivity contribution is -0.122. The van der Waals surface area contributed by atoms with Gasteiger partial charge in [0.15, 0.2) is 6.61 Å². The number of carbonyl (C=O) groups is 1. The van der Waals surface area contributed by atoms with Crippen LogP contribution in [0.3, 0.4) is 0 Å². The van der Waals surface area contributed by atoms with E-state index in [-0.39, 0.29) is 12.5 Å². The second kappa shape index (κ2) is 6.56. The molecule has 0 radical (unpaired) electrons. The highest BCUT2D eigenvalue weighted by atomic mass is 35.5. The van der Waals surface area contributed by atoms with E-state index in [2.05, 4.69) is 11.9 Å². The highest BCUT2D eigenvalue weighted by Gasteiger charge is 2.04. The van der Waals surface area contributed by atoms with Gasteiger partial charge in [-0.15, -0.1) is 6.58 Å². The van der Waals surface area contributed by atoms with Crippen molar-refractivity contribution in [1.82, 2.24) is 5.32 Å². The molecule has 1 amide bonds. The Morgan fingerprint density at radius 3 is 3.00 bits per heavy atom. The molecule has 0 heterocycles. The summed E-state index contributed by atoms with van der Waals surface area (Å²) in [6.45, 7) is 3.78. The lowest BCUT2D eigenvalue weighted by atomic mass is 10.2. The molecule has 5 heteroatoms. The molecule has 0 aliphatic heterocycles. The maximum Gasteiger partial charge on any atom is 0.258 e. The van der Waals surface area contributed by atoms with Crippen LogP contribution in [0.4, 0.5) is 0 Å². The van der Waals surface area contributed by atoms with Gasteiger partial charge in [0.05, 0.1) is 10.6 Å². The summed E-state index contributed by atoms with van der Waals surface area (Å²) in [7, 11) is 0. The van der Waals surface area contributed by atoms with Crippen LogP contribution in [0.25, 0.3) is 0 Å². The molecular formula is C12H11ClN2O2. The molecule has 0 aromatic heterocycles. The fourth-order valence-corrected chi connectivity index (χ4v) is 1.27. The van der Waals surface area contributed by atoms with E-state index in [9.17, 15) is 4.79 Å². The topological polar surface area (TPSA) is 62.1 Å². The smallest absolute Gasteiger partial charge is 0.258 e. The van der Waals surface area contributed by atoms with Crippen molar-refractivity contribution in [2.45, 2.75) is 0 Å². The molecule has 1 aromatic rings. The summed E-state index contributed by atoms with van der Waals surface area (Å²) < 4.78 is 5.20. The van der Waals surface area contributed by atoms with E-state index in [1.54, 1.807) is 18.2 Å². The van der Waals surface area contributed by atoms with E-state index in [4.69, 9.17) is 21.6 Å². The number of nitrogens with zero attached hydrogens (tertiary/aromatic N) is 1. The predicted molar refractivity (Wildman–Crippen MR) is 64.9 cm³/mol. The van der Waals surface area contributed by atoms with Crippen molar-refractivity contribution in [2.24, 2.45) is 0 Å². The van der Waals surface area contributed by atoms with Gasteiger partial charge in [-0.1, -0.05) is 17.7 Å². The summed E-state index contributed by atoms with van der Waals surface area (Å²) in [6, 6.07) is 6.57. The third kappa shape index (κ3) is 4.17. The molecule has 0 spiro atoms. The van der Waals surface area contributed by atoms with Crippen molar-refractivity contribution >= 4 is 17.5 Å².